The van der Waals surface area contributed by atoms with Crippen molar-refractivity contribution in [3.8, 4) is 0 Å². The van der Waals surface area contributed by atoms with Crippen molar-refractivity contribution in [3.05, 3.63) is 48.3 Å². The van der Waals surface area contributed by atoms with Crippen LogP contribution in [-0.4, -0.2) is 74.3 Å². The van der Waals surface area contributed by atoms with Crippen LogP contribution in [0.25, 0.3) is 0 Å². The fraction of sp³-hybridized carbons (Fsp3) is 0.808. The van der Waals surface area contributed by atoms with E-state index >= 15 is 0 Å². The van der Waals surface area contributed by atoms with E-state index in [0.717, 1.165) is 71.0 Å². The van der Waals surface area contributed by atoms with Gasteiger partial charge in [-0.05, 0) is 96.9 Å². The molecule has 0 radical (unpaired) electrons. The van der Waals surface area contributed by atoms with Gasteiger partial charge in [-0.25, -0.2) is 0 Å². The van der Waals surface area contributed by atoms with E-state index in [1.54, 1.807) is 0 Å². The number of esters is 2. The molecule has 0 spiro atoms. The zero-order valence-corrected chi connectivity index (χ0v) is 39.8. The molecular weight excluding hydrogens is 749 g/mol. The Morgan fingerprint density at radius 2 is 1.18 bits per heavy atom. The summed E-state index contributed by atoms with van der Waals surface area (Å²) in [4.78, 5) is 28.0. The summed E-state index contributed by atoms with van der Waals surface area (Å²) in [7, 11) is 2.13. The lowest BCUT2D eigenvalue weighted by Gasteiger charge is -2.24. The topological polar surface area (TPSA) is 79.2 Å². The van der Waals surface area contributed by atoms with E-state index in [0.29, 0.717) is 45.7 Å². The van der Waals surface area contributed by atoms with Crippen molar-refractivity contribution in [2.24, 2.45) is 5.92 Å². The minimum absolute atomic E-state index is 0.0822. The van der Waals surface area contributed by atoms with Gasteiger partial charge < -0.3 is 28.4 Å². The average Bonchev–Trinajstić information content (AvgIpc) is 3.65. The Bertz CT molecular complexity index is 1150. The third-order valence-electron chi connectivity index (χ3n) is 11.4. The lowest BCUT2D eigenvalue weighted by atomic mass is 10.1. The van der Waals surface area contributed by atoms with Crippen LogP contribution in [0.4, 0.5) is 0 Å². The van der Waals surface area contributed by atoms with Crippen molar-refractivity contribution in [2.75, 3.05) is 46.6 Å². The van der Waals surface area contributed by atoms with Crippen LogP contribution in [0.1, 0.15) is 206 Å². The zero-order chi connectivity index (χ0) is 43.6. The first-order valence-corrected chi connectivity index (χ1v) is 25.0. The van der Waals surface area contributed by atoms with E-state index in [1.165, 1.54) is 108 Å². The number of hydrogen-bond donors (Lipinski definition) is 0. The van der Waals surface area contributed by atoms with Crippen LogP contribution >= 0.6 is 0 Å². The molecule has 1 unspecified atom stereocenters. The molecule has 0 bridgehead atoms. The van der Waals surface area contributed by atoms with E-state index in [4.69, 9.17) is 18.9 Å². The van der Waals surface area contributed by atoms with Gasteiger partial charge in [0, 0.05) is 57.0 Å². The first-order valence-electron chi connectivity index (χ1n) is 25.0. The Labute approximate surface area is 370 Å². The van der Waals surface area contributed by atoms with E-state index in [2.05, 4.69) is 86.8 Å². The molecule has 0 saturated heterocycles. The first-order chi connectivity index (χ1) is 29.4. The molecule has 0 aliphatic heterocycles. The number of rotatable bonds is 44. The standard InChI is InChI=1S/C52H94N2O6/c1-6-9-12-15-18-19-20-21-22-23-24-25-26-27-30-36-50(55)60-47-49(46-53(5)40-34-42-54-41-33-35-48(54)4)39-45-57-51(56)37-38-52(58-43-31-28-16-13-10-7-2)59-44-32-29-17-14-11-8-3/h18-19,21-22,33,35,41,49,52H,6-17,20,23-32,34,36-40,42-47H2,1-5H3/b19-18-,22-21-. The summed E-state index contributed by atoms with van der Waals surface area (Å²) in [6, 6.07) is 4.23. The van der Waals surface area contributed by atoms with Gasteiger partial charge in [0.05, 0.1) is 19.6 Å². The van der Waals surface area contributed by atoms with Crippen molar-refractivity contribution in [1.82, 2.24) is 9.47 Å². The van der Waals surface area contributed by atoms with Gasteiger partial charge >= 0.3 is 11.9 Å². The van der Waals surface area contributed by atoms with Gasteiger partial charge in [0.2, 0.25) is 0 Å². The summed E-state index contributed by atoms with van der Waals surface area (Å²) >= 11 is 0. The summed E-state index contributed by atoms with van der Waals surface area (Å²) in [5, 5.41) is 0. The van der Waals surface area contributed by atoms with Crippen LogP contribution in [0.5, 0.6) is 0 Å². The molecule has 1 rings (SSSR count). The molecule has 8 nitrogen and oxygen atoms in total. The quantitative estimate of drug-likeness (QED) is 0.0280. The maximum atomic E-state index is 12.9. The number of hydrogen-bond acceptors (Lipinski definition) is 7. The van der Waals surface area contributed by atoms with Crippen LogP contribution in [0.15, 0.2) is 42.6 Å². The van der Waals surface area contributed by atoms with Crippen LogP contribution in [0, 0.1) is 12.8 Å². The highest BCUT2D eigenvalue weighted by Crippen LogP contribution is 2.15. The third-order valence-corrected chi connectivity index (χ3v) is 11.4. The molecule has 1 atom stereocenters. The lowest BCUT2D eigenvalue weighted by Crippen LogP contribution is -2.31. The number of carbonyl (C=O) groups is 2. The largest absolute Gasteiger partial charge is 0.466 e. The molecule has 0 fully saturated rings. The number of carbonyl (C=O) groups excluding carboxylic acids is 2. The van der Waals surface area contributed by atoms with Crippen molar-refractivity contribution in [1.29, 1.82) is 0 Å². The Morgan fingerprint density at radius 1 is 0.633 bits per heavy atom. The first kappa shape index (κ1) is 55.6. The van der Waals surface area contributed by atoms with Crippen LogP contribution in [0.2, 0.25) is 0 Å². The molecule has 348 valence electrons. The second-order valence-electron chi connectivity index (χ2n) is 17.2. The molecule has 0 N–H and O–H groups in total. The molecule has 0 aliphatic rings. The lowest BCUT2D eigenvalue weighted by molar-refractivity contribution is -0.160. The highest BCUT2D eigenvalue weighted by atomic mass is 16.7. The maximum absolute atomic E-state index is 12.9. The molecule has 0 amide bonds. The normalized spacial score (nSPS) is 12.4. The number of ether oxygens (including phenoxy) is 4. The van der Waals surface area contributed by atoms with E-state index in [1.807, 2.05) is 0 Å². The van der Waals surface area contributed by atoms with Gasteiger partial charge in [-0.3, -0.25) is 9.59 Å². The van der Waals surface area contributed by atoms with E-state index < -0.39 is 0 Å². The summed E-state index contributed by atoms with van der Waals surface area (Å²) in [6.07, 6.45) is 41.1. The number of unbranched alkanes of at least 4 members (excludes halogenated alkanes) is 18. The number of aromatic nitrogens is 1. The van der Waals surface area contributed by atoms with Crippen molar-refractivity contribution in [2.45, 2.75) is 220 Å². The number of allylic oxidation sites excluding steroid dienone is 4. The highest BCUT2D eigenvalue weighted by molar-refractivity contribution is 5.69. The van der Waals surface area contributed by atoms with Gasteiger partial charge in [0.1, 0.15) is 0 Å². The molecule has 1 aromatic heterocycles. The summed E-state index contributed by atoms with van der Waals surface area (Å²) < 4.78 is 26.1. The minimum atomic E-state index is -0.375. The van der Waals surface area contributed by atoms with Gasteiger partial charge in [0.25, 0.3) is 0 Å². The second kappa shape index (κ2) is 41.9. The Balaban J connectivity index is 2.49. The Morgan fingerprint density at radius 3 is 1.80 bits per heavy atom. The predicted molar refractivity (Wildman–Crippen MR) is 252 cm³/mol. The van der Waals surface area contributed by atoms with Crippen molar-refractivity contribution >= 4 is 11.9 Å². The third kappa shape index (κ3) is 35.2. The van der Waals surface area contributed by atoms with Gasteiger partial charge in [-0.2, -0.15) is 0 Å². The monoisotopic (exact) mass is 843 g/mol. The van der Waals surface area contributed by atoms with Crippen LogP contribution in [-0.2, 0) is 35.1 Å². The zero-order valence-electron chi connectivity index (χ0n) is 39.8. The SMILES string of the molecule is CCCCC/C=C\C/C=C\CCCCCCCC(=O)OCC(CCOC(=O)CCC(OCCCCCCCC)OCCCCCCCC)CN(C)CCCn1cccc1C. The van der Waals surface area contributed by atoms with Crippen molar-refractivity contribution < 1.29 is 28.5 Å². The van der Waals surface area contributed by atoms with E-state index in [-0.39, 0.29) is 30.6 Å². The highest BCUT2D eigenvalue weighted by Gasteiger charge is 2.18. The molecule has 0 aromatic carbocycles. The summed E-state index contributed by atoms with van der Waals surface area (Å²) in [5.74, 6) is -0.265. The molecule has 1 heterocycles. The van der Waals surface area contributed by atoms with Crippen molar-refractivity contribution in [3.63, 3.8) is 0 Å². The van der Waals surface area contributed by atoms with Crippen LogP contribution in [0.3, 0.4) is 0 Å². The smallest absolute Gasteiger partial charge is 0.305 e. The second-order valence-corrected chi connectivity index (χ2v) is 17.2. The fourth-order valence-corrected chi connectivity index (χ4v) is 7.44. The van der Waals surface area contributed by atoms with Gasteiger partial charge in [0.15, 0.2) is 6.29 Å². The number of nitrogens with zero attached hydrogens (tertiary/aromatic N) is 2. The van der Waals surface area contributed by atoms with E-state index in [9.17, 15) is 9.59 Å². The molecular formula is C52H94N2O6. The minimum Gasteiger partial charge on any atom is -0.466 e. The fourth-order valence-electron chi connectivity index (χ4n) is 7.44. The molecule has 1 aromatic rings. The molecule has 0 saturated carbocycles. The van der Waals surface area contributed by atoms with Gasteiger partial charge in [-0.15, -0.1) is 0 Å². The maximum Gasteiger partial charge on any atom is 0.305 e. The molecule has 8 heteroatoms. The summed E-state index contributed by atoms with van der Waals surface area (Å²) in [5.41, 5.74) is 1.27. The van der Waals surface area contributed by atoms with Crippen LogP contribution < -0.4 is 0 Å². The predicted octanol–water partition coefficient (Wildman–Crippen LogP) is 13.9. The molecule has 0 aliphatic carbocycles. The Hall–Kier alpha value is -2.42. The number of aryl methyl sites for hydroxylation is 2. The summed E-state index contributed by atoms with van der Waals surface area (Å²) in [6.45, 7) is 13.5. The molecule has 60 heavy (non-hydrogen) atoms. The Kier molecular flexibility index (Phi) is 38.8. The van der Waals surface area contributed by atoms with Gasteiger partial charge in [-0.1, -0.05) is 141 Å². The average molecular weight is 843 g/mol.